The predicted molar refractivity (Wildman–Crippen MR) is 89.1 cm³/mol. The summed E-state index contributed by atoms with van der Waals surface area (Å²) in [6.07, 6.45) is 1.66. The van der Waals surface area contributed by atoms with Gasteiger partial charge in [0.05, 0.1) is 0 Å². The number of hydrogen-bond acceptors (Lipinski definition) is 4. The number of rotatable bonds is 2. The zero-order chi connectivity index (χ0) is 15.9. The Hall–Kier alpha value is -2.62. The summed E-state index contributed by atoms with van der Waals surface area (Å²) in [7, 11) is 0. The number of nitrogens with zero attached hydrogens (tertiary/aromatic N) is 1. The van der Waals surface area contributed by atoms with Crippen LogP contribution in [0.25, 0.3) is 21.7 Å². The van der Waals surface area contributed by atoms with Gasteiger partial charge < -0.3 is 9.52 Å². The first-order valence-corrected chi connectivity index (χ1v) is 7.19. The molecule has 0 fully saturated rings. The van der Waals surface area contributed by atoms with E-state index in [2.05, 4.69) is 4.99 Å². The molecule has 0 amide bonds. The summed E-state index contributed by atoms with van der Waals surface area (Å²) >= 11 is 0. The van der Waals surface area contributed by atoms with E-state index in [-0.39, 0.29) is 17.4 Å². The Kier molecular flexibility index (Phi) is 3.45. The highest BCUT2D eigenvalue weighted by molar-refractivity contribution is 6.09. The number of phenolic OH excluding ortho intramolecular Hbond substituents is 1. The van der Waals surface area contributed by atoms with Gasteiger partial charge in [0.2, 0.25) is 0 Å². The number of aromatic hydroxyl groups is 1. The molecule has 0 saturated heterocycles. The van der Waals surface area contributed by atoms with E-state index in [0.29, 0.717) is 16.5 Å². The summed E-state index contributed by atoms with van der Waals surface area (Å²) in [5.74, 6) is 0.146. The lowest BCUT2D eigenvalue weighted by Gasteiger charge is -2.08. The minimum Gasteiger partial charge on any atom is -0.507 e. The van der Waals surface area contributed by atoms with Crippen LogP contribution in [0.2, 0.25) is 0 Å². The van der Waals surface area contributed by atoms with Crippen molar-refractivity contribution in [2.75, 3.05) is 0 Å². The average molecular weight is 295 g/mol. The Bertz CT molecular complexity index is 952. The average Bonchev–Trinajstić information content (AvgIpc) is 2.46. The lowest BCUT2D eigenvalue weighted by atomic mass is 10.0. The zero-order valence-electron chi connectivity index (χ0n) is 12.8. The third-order valence-electron chi connectivity index (χ3n) is 3.63. The molecule has 0 radical (unpaired) electrons. The van der Waals surface area contributed by atoms with Gasteiger partial charge in [0.1, 0.15) is 11.3 Å². The van der Waals surface area contributed by atoms with Crippen LogP contribution in [0.3, 0.4) is 0 Å². The van der Waals surface area contributed by atoms with Crippen LogP contribution in [0.4, 0.5) is 0 Å². The van der Waals surface area contributed by atoms with E-state index in [4.69, 9.17) is 4.42 Å². The van der Waals surface area contributed by atoms with Crippen molar-refractivity contribution in [2.45, 2.75) is 26.8 Å². The molecule has 0 aliphatic carbocycles. The van der Waals surface area contributed by atoms with Crippen LogP contribution >= 0.6 is 0 Å². The van der Waals surface area contributed by atoms with Crippen molar-refractivity contribution in [1.29, 1.82) is 0 Å². The van der Waals surface area contributed by atoms with Crippen molar-refractivity contribution >= 4 is 28.0 Å². The molecule has 1 heterocycles. The second kappa shape index (κ2) is 5.30. The zero-order valence-corrected chi connectivity index (χ0v) is 12.8. The van der Waals surface area contributed by atoms with E-state index >= 15 is 0 Å². The molecule has 0 aliphatic rings. The Morgan fingerprint density at radius 1 is 1.14 bits per heavy atom. The molecule has 0 saturated carbocycles. The third kappa shape index (κ3) is 2.37. The molecule has 3 aromatic rings. The highest BCUT2D eigenvalue weighted by Gasteiger charge is 2.11. The smallest absolute Gasteiger partial charge is 0.336 e. The van der Waals surface area contributed by atoms with Gasteiger partial charge in [-0.2, -0.15) is 0 Å². The fraction of sp³-hybridized carbons (Fsp3) is 0.222. The molecule has 4 heteroatoms. The summed E-state index contributed by atoms with van der Waals surface area (Å²) in [5.41, 5.74) is 1.63. The molecule has 0 aliphatic heterocycles. The highest BCUT2D eigenvalue weighted by atomic mass is 16.4. The minimum absolute atomic E-state index is 0.146. The van der Waals surface area contributed by atoms with Gasteiger partial charge in [0.15, 0.2) is 0 Å². The molecule has 112 valence electrons. The van der Waals surface area contributed by atoms with E-state index in [1.807, 2.05) is 39.0 Å². The maximum absolute atomic E-state index is 11.6. The van der Waals surface area contributed by atoms with E-state index < -0.39 is 0 Å². The van der Waals surface area contributed by atoms with Crippen LogP contribution < -0.4 is 5.63 Å². The number of aliphatic imine (C=N–C) groups is 1. The third-order valence-corrected chi connectivity index (χ3v) is 3.63. The molecule has 4 nitrogen and oxygen atoms in total. The monoisotopic (exact) mass is 295 g/mol. The molecule has 0 atom stereocenters. The fourth-order valence-electron chi connectivity index (χ4n) is 2.52. The van der Waals surface area contributed by atoms with Crippen molar-refractivity contribution < 1.29 is 9.52 Å². The molecule has 1 N–H and O–H groups in total. The first-order chi connectivity index (χ1) is 10.5. The van der Waals surface area contributed by atoms with Gasteiger partial charge in [-0.05, 0) is 44.5 Å². The Balaban J connectivity index is 2.33. The molecule has 3 rings (SSSR count). The Labute approximate surface area is 127 Å². The van der Waals surface area contributed by atoms with Gasteiger partial charge in [0, 0.05) is 40.0 Å². The summed E-state index contributed by atoms with van der Waals surface area (Å²) in [6, 6.07) is 8.96. The number of hydrogen-bond donors (Lipinski definition) is 1. The predicted octanol–water partition coefficient (Wildman–Crippen LogP) is 3.79. The summed E-state index contributed by atoms with van der Waals surface area (Å²) in [4.78, 5) is 15.9. The Morgan fingerprint density at radius 3 is 2.55 bits per heavy atom. The van der Waals surface area contributed by atoms with Gasteiger partial charge in [-0.15, -0.1) is 0 Å². The second-order valence-corrected chi connectivity index (χ2v) is 5.66. The molecular formula is C18H17NO3. The van der Waals surface area contributed by atoms with Gasteiger partial charge in [-0.1, -0.05) is 6.07 Å². The van der Waals surface area contributed by atoms with Crippen LogP contribution in [0.15, 0.2) is 44.5 Å². The van der Waals surface area contributed by atoms with Crippen LogP contribution in [0, 0.1) is 6.92 Å². The van der Waals surface area contributed by atoms with Crippen molar-refractivity contribution in [3.63, 3.8) is 0 Å². The summed E-state index contributed by atoms with van der Waals surface area (Å²) < 4.78 is 5.35. The van der Waals surface area contributed by atoms with Crippen molar-refractivity contribution in [2.24, 2.45) is 4.99 Å². The van der Waals surface area contributed by atoms with Crippen molar-refractivity contribution in [3.8, 4) is 5.75 Å². The summed E-state index contributed by atoms with van der Waals surface area (Å²) in [5, 5.41) is 12.7. The standard InChI is InChI=1S/C18H17NO3/c1-10(2)19-9-12-4-5-15-14(17(12)21)7-6-13-11(3)8-16(20)22-18(13)15/h4-10,21H,1-3H3. The largest absolute Gasteiger partial charge is 0.507 e. The Morgan fingerprint density at radius 2 is 1.82 bits per heavy atom. The SMILES string of the molecule is Cc1cc(=O)oc2c1ccc1c(O)c(C=NC(C)C)ccc12. The van der Waals surface area contributed by atoms with Crippen LogP contribution in [0.1, 0.15) is 25.0 Å². The summed E-state index contributed by atoms with van der Waals surface area (Å²) in [6.45, 7) is 5.81. The van der Waals surface area contributed by atoms with Crippen LogP contribution in [0.5, 0.6) is 5.75 Å². The molecule has 0 bridgehead atoms. The van der Waals surface area contributed by atoms with Gasteiger partial charge in [-0.3, -0.25) is 4.99 Å². The minimum atomic E-state index is -0.387. The lowest BCUT2D eigenvalue weighted by Crippen LogP contribution is -1.98. The maximum atomic E-state index is 11.6. The van der Waals surface area contributed by atoms with E-state index in [1.54, 1.807) is 12.3 Å². The highest BCUT2D eigenvalue weighted by Crippen LogP contribution is 2.33. The van der Waals surface area contributed by atoms with Crippen molar-refractivity contribution in [3.05, 3.63) is 51.9 Å². The molecule has 1 aromatic heterocycles. The van der Waals surface area contributed by atoms with Crippen LogP contribution in [-0.4, -0.2) is 17.4 Å². The van der Waals surface area contributed by atoms with E-state index in [9.17, 15) is 9.90 Å². The number of phenols is 1. The fourth-order valence-corrected chi connectivity index (χ4v) is 2.52. The molecule has 2 aromatic carbocycles. The number of aryl methyl sites for hydroxylation is 1. The lowest BCUT2D eigenvalue weighted by molar-refractivity contribution is 0.480. The first kappa shape index (κ1) is 14.3. The van der Waals surface area contributed by atoms with E-state index in [0.717, 1.165) is 16.3 Å². The number of fused-ring (bicyclic) bond motifs is 3. The van der Waals surface area contributed by atoms with Crippen LogP contribution in [-0.2, 0) is 0 Å². The molecule has 0 spiro atoms. The van der Waals surface area contributed by atoms with Gasteiger partial charge in [-0.25, -0.2) is 4.79 Å². The van der Waals surface area contributed by atoms with E-state index in [1.165, 1.54) is 6.07 Å². The molecule has 0 unspecified atom stereocenters. The van der Waals surface area contributed by atoms with Gasteiger partial charge in [0.25, 0.3) is 0 Å². The second-order valence-electron chi connectivity index (χ2n) is 5.66. The molecular weight excluding hydrogens is 278 g/mol. The molecule has 22 heavy (non-hydrogen) atoms. The first-order valence-electron chi connectivity index (χ1n) is 7.19. The normalized spacial score (nSPS) is 12.0. The van der Waals surface area contributed by atoms with Crippen molar-refractivity contribution in [1.82, 2.24) is 0 Å². The number of benzene rings is 2. The quantitative estimate of drug-likeness (QED) is 0.444. The topological polar surface area (TPSA) is 62.8 Å². The van der Waals surface area contributed by atoms with Gasteiger partial charge >= 0.3 is 5.63 Å². The maximum Gasteiger partial charge on any atom is 0.336 e.